The van der Waals surface area contributed by atoms with Gasteiger partial charge in [0.15, 0.2) is 12.2 Å². The first-order chi connectivity index (χ1) is 14.9. The predicted octanol–water partition coefficient (Wildman–Crippen LogP) is 3.34. The molecule has 0 amide bonds. The lowest BCUT2D eigenvalue weighted by molar-refractivity contribution is 0.406. The highest BCUT2D eigenvalue weighted by Crippen LogP contribution is 2.32. The van der Waals surface area contributed by atoms with Crippen LogP contribution in [0.25, 0.3) is 11.3 Å². The van der Waals surface area contributed by atoms with Crippen LogP contribution in [0.2, 0.25) is 0 Å². The third kappa shape index (κ3) is 4.67. The van der Waals surface area contributed by atoms with Crippen LogP contribution in [0.15, 0.2) is 64.4 Å². The SMILES string of the molecule is COc1ccc(N2CC(C)NC(C)C2)cc1NS(=O)(=O)c1ccc(-c2cnco2)cc1. The maximum atomic E-state index is 13.0. The van der Waals surface area contributed by atoms with Crippen molar-refractivity contribution < 1.29 is 17.6 Å². The summed E-state index contributed by atoms with van der Waals surface area (Å²) in [5.74, 6) is 1.03. The third-order valence-corrected chi connectivity index (χ3v) is 6.61. The van der Waals surface area contributed by atoms with E-state index in [4.69, 9.17) is 9.15 Å². The van der Waals surface area contributed by atoms with Crippen molar-refractivity contribution in [3.05, 3.63) is 55.1 Å². The lowest BCUT2D eigenvalue weighted by Crippen LogP contribution is -2.54. The Morgan fingerprint density at radius 3 is 2.45 bits per heavy atom. The van der Waals surface area contributed by atoms with Gasteiger partial charge in [0, 0.05) is 36.4 Å². The molecule has 9 heteroatoms. The van der Waals surface area contributed by atoms with Gasteiger partial charge in [-0.1, -0.05) is 0 Å². The molecule has 164 valence electrons. The minimum absolute atomic E-state index is 0.146. The average Bonchev–Trinajstić information content (AvgIpc) is 3.28. The number of anilines is 2. The summed E-state index contributed by atoms with van der Waals surface area (Å²) in [6, 6.07) is 12.7. The monoisotopic (exact) mass is 442 g/mol. The molecule has 1 aromatic heterocycles. The van der Waals surface area contributed by atoms with E-state index in [9.17, 15) is 8.42 Å². The molecule has 2 aromatic carbocycles. The van der Waals surface area contributed by atoms with E-state index in [1.54, 1.807) is 24.4 Å². The van der Waals surface area contributed by atoms with Gasteiger partial charge >= 0.3 is 0 Å². The fraction of sp³-hybridized carbons (Fsp3) is 0.318. The largest absolute Gasteiger partial charge is 0.495 e. The molecule has 0 saturated carbocycles. The second-order valence-electron chi connectivity index (χ2n) is 7.75. The number of hydrogen-bond donors (Lipinski definition) is 2. The molecule has 1 fully saturated rings. The van der Waals surface area contributed by atoms with Gasteiger partial charge in [0.05, 0.1) is 23.9 Å². The van der Waals surface area contributed by atoms with E-state index in [2.05, 4.69) is 33.8 Å². The van der Waals surface area contributed by atoms with Gasteiger partial charge < -0.3 is 19.4 Å². The second-order valence-corrected chi connectivity index (χ2v) is 9.44. The van der Waals surface area contributed by atoms with Crippen LogP contribution in [0.1, 0.15) is 13.8 Å². The average molecular weight is 443 g/mol. The van der Waals surface area contributed by atoms with Crippen molar-refractivity contribution in [1.82, 2.24) is 10.3 Å². The minimum atomic E-state index is -3.81. The lowest BCUT2D eigenvalue weighted by atomic mass is 10.1. The third-order valence-electron chi connectivity index (χ3n) is 5.23. The number of hydrogen-bond acceptors (Lipinski definition) is 7. The molecule has 0 spiro atoms. The van der Waals surface area contributed by atoms with Crippen molar-refractivity contribution in [2.75, 3.05) is 29.8 Å². The first kappa shape index (κ1) is 21.2. The summed E-state index contributed by atoms with van der Waals surface area (Å²) < 4.78 is 39.4. The molecular formula is C22H26N4O4S. The van der Waals surface area contributed by atoms with Crippen LogP contribution in [0, 0.1) is 0 Å². The Bertz CT molecular complexity index is 1120. The van der Waals surface area contributed by atoms with Crippen molar-refractivity contribution >= 4 is 21.4 Å². The molecule has 2 unspecified atom stereocenters. The number of piperazine rings is 1. The topological polar surface area (TPSA) is 96.7 Å². The van der Waals surface area contributed by atoms with Crippen LogP contribution in [-0.4, -0.2) is 45.7 Å². The fourth-order valence-corrected chi connectivity index (χ4v) is 4.93. The van der Waals surface area contributed by atoms with Gasteiger partial charge in [-0.05, 0) is 56.3 Å². The first-order valence-corrected chi connectivity index (χ1v) is 11.5. The van der Waals surface area contributed by atoms with Crippen LogP contribution in [-0.2, 0) is 10.0 Å². The quantitative estimate of drug-likeness (QED) is 0.604. The Balaban J connectivity index is 1.59. The zero-order valence-corrected chi connectivity index (χ0v) is 18.5. The van der Waals surface area contributed by atoms with Crippen molar-refractivity contribution in [2.45, 2.75) is 30.8 Å². The van der Waals surface area contributed by atoms with Crippen molar-refractivity contribution in [2.24, 2.45) is 0 Å². The van der Waals surface area contributed by atoms with E-state index >= 15 is 0 Å². The summed E-state index contributed by atoms with van der Waals surface area (Å²) in [6.45, 7) is 5.95. The first-order valence-electron chi connectivity index (χ1n) is 10.1. The lowest BCUT2D eigenvalue weighted by Gasteiger charge is -2.38. The fourth-order valence-electron chi connectivity index (χ4n) is 3.87. The van der Waals surface area contributed by atoms with Crippen LogP contribution in [0.3, 0.4) is 0 Å². The molecule has 3 aromatic rings. The highest BCUT2D eigenvalue weighted by Gasteiger charge is 2.23. The number of sulfonamides is 1. The van der Waals surface area contributed by atoms with E-state index in [1.165, 1.54) is 25.6 Å². The zero-order valence-electron chi connectivity index (χ0n) is 17.7. The van der Waals surface area contributed by atoms with Gasteiger partial charge in [-0.25, -0.2) is 13.4 Å². The van der Waals surface area contributed by atoms with Gasteiger partial charge in [-0.2, -0.15) is 0 Å². The van der Waals surface area contributed by atoms with Crippen LogP contribution >= 0.6 is 0 Å². The van der Waals surface area contributed by atoms with Gasteiger partial charge in [0.2, 0.25) is 0 Å². The number of oxazole rings is 1. The number of benzene rings is 2. The summed E-state index contributed by atoms with van der Waals surface area (Å²) in [5, 5.41) is 3.50. The molecule has 4 rings (SSSR count). The number of ether oxygens (including phenoxy) is 1. The van der Waals surface area contributed by atoms with E-state index in [-0.39, 0.29) is 4.90 Å². The van der Waals surface area contributed by atoms with Crippen LogP contribution in [0.4, 0.5) is 11.4 Å². The normalized spacial score (nSPS) is 19.3. The molecule has 0 bridgehead atoms. The summed E-state index contributed by atoms with van der Waals surface area (Å²) >= 11 is 0. The maximum Gasteiger partial charge on any atom is 0.262 e. The number of nitrogens with one attached hydrogen (secondary N) is 2. The molecule has 1 aliphatic heterocycles. The molecule has 0 aliphatic carbocycles. The van der Waals surface area contributed by atoms with E-state index in [0.717, 1.165) is 24.3 Å². The van der Waals surface area contributed by atoms with Crippen molar-refractivity contribution in [3.8, 4) is 17.1 Å². The molecule has 2 atom stereocenters. The zero-order chi connectivity index (χ0) is 22.0. The van der Waals surface area contributed by atoms with Gasteiger partial charge in [0.25, 0.3) is 10.0 Å². The standard InChI is InChI=1S/C22H26N4O4S/c1-15-12-26(13-16(2)24-15)18-6-9-21(29-3)20(10-18)25-31(27,28)19-7-4-17(5-8-19)22-11-23-14-30-22/h4-11,14-16,24-25H,12-13H2,1-3H3. The van der Waals surface area contributed by atoms with Gasteiger partial charge in [-0.15, -0.1) is 0 Å². The number of rotatable bonds is 6. The smallest absolute Gasteiger partial charge is 0.262 e. The predicted molar refractivity (Wildman–Crippen MR) is 120 cm³/mol. The highest BCUT2D eigenvalue weighted by atomic mass is 32.2. The molecule has 8 nitrogen and oxygen atoms in total. The Hall–Kier alpha value is -3.04. The maximum absolute atomic E-state index is 13.0. The highest BCUT2D eigenvalue weighted by molar-refractivity contribution is 7.92. The minimum Gasteiger partial charge on any atom is -0.495 e. The van der Waals surface area contributed by atoms with E-state index in [1.807, 2.05) is 12.1 Å². The Kier molecular flexibility index (Phi) is 5.88. The molecule has 1 saturated heterocycles. The van der Waals surface area contributed by atoms with Crippen molar-refractivity contribution in [3.63, 3.8) is 0 Å². The van der Waals surface area contributed by atoms with E-state index in [0.29, 0.717) is 29.3 Å². The number of nitrogens with zero attached hydrogens (tertiary/aromatic N) is 2. The van der Waals surface area contributed by atoms with Gasteiger partial charge in [-0.3, -0.25) is 4.72 Å². The molecule has 2 heterocycles. The summed E-state index contributed by atoms with van der Waals surface area (Å²) in [5.41, 5.74) is 2.09. The summed E-state index contributed by atoms with van der Waals surface area (Å²) in [6.07, 6.45) is 2.91. The Morgan fingerprint density at radius 2 is 1.84 bits per heavy atom. The Morgan fingerprint density at radius 1 is 1.13 bits per heavy atom. The van der Waals surface area contributed by atoms with Crippen LogP contribution < -0.4 is 19.7 Å². The molecule has 1 aliphatic rings. The molecular weight excluding hydrogens is 416 g/mol. The Labute approximate surface area is 182 Å². The number of aromatic nitrogens is 1. The number of methoxy groups -OCH3 is 1. The van der Waals surface area contributed by atoms with Crippen molar-refractivity contribution in [1.29, 1.82) is 0 Å². The van der Waals surface area contributed by atoms with Gasteiger partial charge in [0.1, 0.15) is 5.75 Å². The summed E-state index contributed by atoms with van der Waals surface area (Å²) in [7, 11) is -2.29. The molecule has 0 radical (unpaired) electrons. The molecule has 2 N–H and O–H groups in total. The van der Waals surface area contributed by atoms with E-state index < -0.39 is 10.0 Å². The second kappa shape index (κ2) is 8.60. The van der Waals surface area contributed by atoms with Crippen LogP contribution in [0.5, 0.6) is 5.75 Å². The molecule has 31 heavy (non-hydrogen) atoms. The summed E-state index contributed by atoms with van der Waals surface area (Å²) in [4.78, 5) is 6.27.